The zero-order valence-electron chi connectivity index (χ0n) is 9.44. The van der Waals surface area contributed by atoms with Crippen molar-refractivity contribution in [3.63, 3.8) is 0 Å². The molecular weight excluding hydrogens is 221 g/mol. The van der Waals surface area contributed by atoms with Crippen LogP contribution in [0.4, 0.5) is 4.39 Å². The number of benzene rings is 1. The second kappa shape index (κ2) is 5.87. The van der Waals surface area contributed by atoms with Crippen LogP contribution in [0.15, 0.2) is 23.4 Å². The van der Waals surface area contributed by atoms with Crippen molar-refractivity contribution in [1.82, 2.24) is 5.32 Å². The van der Waals surface area contributed by atoms with E-state index in [0.29, 0.717) is 17.7 Å². The van der Waals surface area contributed by atoms with E-state index in [4.69, 9.17) is 17.4 Å². The molecule has 0 saturated carbocycles. The van der Waals surface area contributed by atoms with Crippen molar-refractivity contribution in [3.8, 4) is 12.3 Å². The van der Waals surface area contributed by atoms with Crippen LogP contribution < -0.4 is 11.1 Å². The highest BCUT2D eigenvalue weighted by Crippen LogP contribution is 2.09. The number of nitrogens with one attached hydrogen (secondary N) is 1. The van der Waals surface area contributed by atoms with Gasteiger partial charge in [0.2, 0.25) is 0 Å². The lowest BCUT2D eigenvalue weighted by Gasteiger charge is -2.09. The van der Waals surface area contributed by atoms with E-state index >= 15 is 0 Å². The summed E-state index contributed by atoms with van der Waals surface area (Å²) in [6.07, 6.45) is 5.21. The molecule has 0 radical (unpaired) electrons. The Kier molecular flexibility index (Phi) is 4.49. The lowest BCUT2D eigenvalue weighted by Crippen LogP contribution is -2.24. The van der Waals surface area contributed by atoms with Crippen molar-refractivity contribution < 1.29 is 9.60 Å². The topological polar surface area (TPSA) is 70.6 Å². The molecule has 5 heteroatoms. The van der Waals surface area contributed by atoms with Gasteiger partial charge in [-0.3, -0.25) is 5.32 Å². The molecule has 0 bridgehead atoms. The number of hydrogen-bond acceptors (Lipinski definition) is 3. The Hall–Kier alpha value is -2.06. The van der Waals surface area contributed by atoms with Gasteiger partial charge in [-0.05, 0) is 30.7 Å². The van der Waals surface area contributed by atoms with Gasteiger partial charge in [0, 0.05) is 12.1 Å². The zero-order chi connectivity index (χ0) is 12.8. The van der Waals surface area contributed by atoms with Crippen LogP contribution in [0.25, 0.3) is 0 Å². The van der Waals surface area contributed by atoms with Crippen molar-refractivity contribution in [1.29, 1.82) is 0 Å². The van der Waals surface area contributed by atoms with Gasteiger partial charge in [-0.1, -0.05) is 11.1 Å². The minimum absolute atomic E-state index is 0.106. The SMILES string of the molecule is C#CC(C)NCc1cc(F)cc(/C(N)=N/O)c1. The maximum atomic E-state index is 13.3. The first-order valence-corrected chi connectivity index (χ1v) is 5.03. The number of nitrogens with two attached hydrogens (primary N) is 1. The quantitative estimate of drug-likeness (QED) is 0.240. The molecule has 0 spiro atoms. The molecule has 0 amide bonds. The first kappa shape index (κ1) is 13.0. The molecule has 0 aromatic heterocycles. The molecule has 1 unspecified atom stereocenters. The molecule has 0 aliphatic rings. The number of amidine groups is 1. The molecule has 1 atom stereocenters. The molecule has 0 saturated heterocycles. The number of halogens is 1. The van der Waals surface area contributed by atoms with Gasteiger partial charge in [0.1, 0.15) is 5.82 Å². The van der Waals surface area contributed by atoms with Crippen LogP contribution in [0.2, 0.25) is 0 Å². The van der Waals surface area contributed by atoms with E-state index in [2.05, 4.69) is 16.4 Å². The third-order valence-electron chi connectivity index (χ3n) is 2.22. The molecule has 4 N–H and O–H groups in total. The Morgan fingerprint density at radius 2 is 2.35 bits per heavy atom. The Morgan fingerprint density at radius 3 is 2.94 bits per heavy atom. The molecule has 1 aromatic carbocycles. The summed E-state index contributed by atoms with van der Waals surface area (Å²) in [7, 11) is 0. The first-order valence-electron chi connectivity index (χ1n) is 5.03. The minimum atomic E-state index is -0.445. The molecule has 0 fully saturated rings. The van der Waals surface area contributed by atoms with Gasteiger partial charge in [0.05, 0.1) is 6.04 Å². The predicted molar refractivity (Wildman–Crippen MR) is 64.0 cm³/mol. The Labute approximate surface area is 99.3 Å². The van der Waals surface area contributed by atoms with Crippen molar-refractivity contribution in [2.75, 3.05) is 0 Å². The fourth-order valence-electron chi connectivity index (χ4n) is 1.29. The van der Waals surface area contributed by atoms with Crippen LogP contribution in [0, 0.1) is 18.2 Å². The van der Waals surface area contributed by atoms with Gasteiger partial charge >= 0.3 is 0 Å². The van der Waals surface area contributed by atoms with Crippen molar-refractivity contribution in [2.24, 2.45) is 10.9 Å². The molecular formula is C12H14FN3O. The van der Waals surface area contributed by atoms with Crippen LogP contribution in [0.5, 0.6) is 0 Å². The Balaban J connectivity index is 2.87. The fraction of sp³-hybridized carbons (Fsp3) is 0.250. The van der Waals surface area contributed by atoms with Gasteiger partial charge < -0.3 is 10.9 Å². The smallest absolute Gasteiger partial charge is 0.170 e. The molecule has 1 aromatic rings. The average molecular weight is 235 g/mol. The van der Waals surface area contributed by atoms with E-state index in [1.54, 1.807) is 6.07 Å². The average Bonchev–Trinajstić information content (AvgIpc) is 2.34. The molecule has 0 aliphatic carbocycles. The van der Waals surface area contributed by atoms with Gasteiger partial charge in [0.25, 0.3) is 0 Å². The maximum Gasteiger partial charge on any atom is 0.170 e. The second-order valence-corrected chi connectivity index (χ2v) is 3.60. The summed E-state index contributed by atoms with van der Waals surface area (Å²) in [5, 5.41) is 14.4. The van der Waals surface area contributed by atoms with E-state index in [-0.39, 0.29) is 11.9 Å². The molecule has 0 heterocycles. The van der Waals surface area contributed by atoms with Gasteiger partial charge in [-0.2, -0.15) is 0 Å². The van der Waals surface area contributed by atoms with Crippen LogP contribution in [-0.2, 0) is 6.54 Å². The van der Waals surface area contributed by atoms with Crippen LogP contribution in [-0.4, -0.2) is 17.1 Å². The van der Waals surface area contributed by atoms with Gasteiger partial charge in [0.15, 0.2) is 5.84 Å². The molecule has 0 aliphatic heterocycles. The predicted octanol–water partition coefficient (Wildman–Crippen LogP) is 1.03. The summed E-state index contributed by atoms with van der Waals surface area (Å²) >= 11 is 0. The van der Waals surface area contributed by atoms with Crippen LogP contribution in [0.3, 0.4) is 0 Å². The minimum Gasteiger partial charge on any atom is -0.409 e. The van der Waals surface area contributed by atoms with E-state index in [9.17, 15) is 4.39 Å². The number of nitrogens with zero attached hydrogens (tertiary/aromatic N) is 1. The summed E-state index contributed by atoms with van der Waals surface area (Å²) in [5.74, 6) is 1.93. The van der Waals surface area contributed by atoms with Gasteiger partial charge in [-0.15, -0.1) is 6.42 Å². The molecule has 17 heavy (non-hydrogen) atoms. The number of oxime groups is 1. The highest BCUT2D eigenvalue weighted by molar-refractivity contribution is 5.97. The molecule has 4 nitrogen and oxygen atoms in total. The summed E-state index contributed by atoms with van der Waals surface area (Å²) in [6, 6.07) is 4.09. The fourth-order valence-corrected chi connectivity index (χ4v) is 1.29. The maximum absolute atomic E-state index is 13.3. The number of rotatable bonds is 4. The van der Waals surface area contributed by atoms with Crippen LogP contribution >= 0.6 is 0 Å². The highest BCUT2D eigenvalue weighted by atomic mass is 19.1. The van der Waals surface area contributed by atoms with E-state index < -0.39 is 5.82 Å². The number of hydrogen-bond donors (Lipinski definition) is 3. The third-order valence-corrected chi connectivity index (χ3v) is 2.22. The summed E-state index contributed by atoms with van der Waals surface area (Å²) < 4.78 is 13.3. The van der Waals surface area contributed by atoms with E-state index in [1.807, 2.05) is 6.92 Å². The van der Waals surface area contributed by atoms with Crippen molar-refractivity contribution >= 4 is 5.84 Å². The van der Waals surface area contributed by atoms with Crippen molar-refractivity contribution in [3.05, 3.63) is 35.1 Å². The normalized spacial score (nSPS) is 13.1. The van der Waals surface area contributed by atoms with Crippen molar-refractivity contribution in [2.45, 2.75) is 19.5 Å². The molecule has 90 valence electrons. The van der Waals surface area contributed by atoms with Gasteiger partial charge in [-0.25, -0.2) is 4.39 Å². The lowest BCUT2D eigenvalue weighted by molar-refractivity contribution is 0.318. The summed E-state index contributed by atoms with van der Waals surface area (Å²) in [4.78, 5) is 0. The largest absolute Gasteiger partial charge is 0.409 e. The summed E-state index contributed by atoms with van der Waals surface area (Å²) in [5.41, 5.74) is 6.40. The summed E-state index contributed by atoms with van der Waals surface area (Å²) in [6.45, 7) is 2.23. The third kappa shape index (κ3) is 3.78. The Morgan fingerprint density at radius 1 is 1.65 bits per heavy atom. The monoisotopic (exact) mass is 235 g/mol. The highest BCUT2D eigenvalue weighted by Gasteiger charge is 2.05. The second-order valence-electron chi connectivity index (χ2n) is 3.60. The van der Waals surface area contributed by atoms with E-state index in [1.165, 1.54) is 12.1 Å². The van der Waals surface area contributed by atoms with Crippen LogP contribution in [0.1, 0.15) is 18.1 Å². The first-order chi connectivity index (χ1) is 8.06. The number of terminal acetylenes is 1. The zero-order valence-corrected chi connectivity index (χ0v) is 9.44. The van der Waals surface area contributed by atoms with E-state index in [0.717, 1.165) is 0 Å². The standard InChI is InChI=1S/C12H14FN3O/c1-3-8(2)15-7-9-4-10(12(14)16-17)6-11(13)5-9/h1,4-6,8,15,17H,7H2,2H3,(H2,14,16). The molecule has 1 rings (SSSR count). The Bertz CT molecular complexity index is 465. The lowest BCUT2D eigenvalue weighted by atomic mass is 10.1.